The van der Waals surface area contributed by atoms with Crippen molar-refractivity contribution in [2.75, 3.05) is 6.54 Å². The Balaban J connectivity index is 1.50. The van der Waals surface area contributed by atoms with Gasteiger partial charge in [0.1, 0.15) is 17.1 Å². The van der Waals surface area contributed by atoms with Gasteiger partial charge >= 0.3 is 0 Å². The summed E-state index contributed by atoms with van der Waals surface area (Å²) in [5.41, 5.74) is -1.33. The van der Waals surface area contributed by atoms with E-state index in [2.05, 4.69) is 17.2 Å². The maximum atomic E-state index is 13.5. The Kier molecular flexibility index (Phi) is 6.73. The number of aliphatic hydroxyl groups is 2. The first-order valence-corrected chi connectivity index (χ1v) is 13.4. The topological polar surface area (TPSA) is 133 Å². The van der Waals surface area contributed by atoms with Crippen molar-refractivity contribution in [3.05, 3.63) is 48.3 Å². The molecular weight excluding hydrogens is 472 g/mol. The number of ketones is 2. The Morgan fingerprint density at radius 3 is 2.68 bits per heavy atom. The third-order valence-corrected chi connectivity index (χ3v) is 9.75. The van der Waals surface area contributed by atoms with Gasteiger partial charge in [-0.05, 0) is 79.8 Å². The van der Waals surface area contributed by atoms with Gasteiger partial charge in [-0.2, -0.15) is 0 Å². The van der Waals surface area contributed by atoms with Crippen LogP contribution >= 0.6 is 0 Å². The van der Waals surface area contributed by atoms with Crippen molar-refractivity contribution in [1.29, 1.82) is 0 Å². The summed E-state index contributed by atoms with van der Waals surface area (Å²) in [5.74, 6) is -2.42. The molecule has 2 heterocycles. The highest BCUT2D eigenvalue weighted by atomic mass is 16.3. The lowest BCUT2D eigenvalue weighted by molar-refractivity contribution is -0.144. The molecule has 5 rings (SSSR count). The van der Waals surface area contributed by atoms with Crippen molar-refractivity contribution >= 4 is 23.4 Å². The lowest BCUT2D eigenvalue weighted by Gasteiger charge is -2.43. The van der Waals surface area contributed by atoms with E-state index in [0.717, 1.165) is 6.42 Å². The Bertz CT molecular complexity index is 1120. The van der Waals surface area contributed by atoms with E-state index in [1.165, 1.54) is 12.2 Å². The summed E-state index contributed by atoms with van der Waals surface area (Å²) in [7, 11) is 0. The molecule has 4 N–H and O–H groups in total. The predicted octanol–water partition coefficient (Wildman–Crippen LogP) is 2.31. The van der Waals surface area contributed by atoms with Crippen LogP contribution in [0.3, 0.4) is 0 Å². The maximum absolute atomic E-state index is 13.5. The minimum Gasteiger partial charge on any atom is -0.507 e. The summed E-state index contributed by atoms with van der Waals surface area (Å²) in [4.78, 5) is 51.1. The molecule has 8 nitrogen and oxygen atoms in total. The third kappa shape index (κ3) is 4.19. The average molecular weight is 509 g/mol. The number of nitrogens with one attached hydrogen (secondary N) is 2. The summed E-state index contributed by atoms with van der Waals surface area (Å²) in [5, 5.41) is 28.0. The Labute approximate surface area is 217 Å². The van der Waals surface area contributed by atoms with Crippen molar-refractivity contribution in [2.45, 2.75) is 57.1 Å². The number of amides is 2. The van der Waals surface area contributed by atoms with Crippen molar-refractivity contribution in [2.24, 2.45) is 41.4 Å². The number of Topliss-reactive ketones (excluding diaryl/α,β-unsaturated/α-hetero) is 2. The van der Waals surface area contributed by atoms with E-state index in [4.69, 9.17) is 0 Å². The first kappa shape index (κ1) is 25.6. The van der Waals surface area contributed by atoms with Crippen LogP contribution in [-0.2, 0) is 19.2 Å². The predicted molar refractivity (Wildman–Crippen MR) is 136 cm³/mol. The Morgan fingerprint density at radius 1 is 1.14 bits per heavy atom. The van der Waals surface area contributed by atoms with Crippen LogP contribution in [-0.4, -0.2) is 51.8 Å². The molecule has 0 aromatic heterocycles. The molecule has 0 aromatic rings. The second kappa shape index (κ2) is 9.71. The third-order valence-electron chi connectivity index (χ3n) is 9.75. The molecule has 3 aliphatic carbocycles. The van der Waals surface area contributed by atoms with Crippen LogP contribution in [0.1, 0.15) is 45.4 Å². The first-order valence-electron chi connectivity index (χ1n) is 13.4. The van der Waals surface area contributed by atoms with Crippen LogP contribution in [0.2, 0.25) is 0 Å². The standard InChI is InChI=1S/C29H36N2O6/c1-3-16-12-18-14-20-19-6-4-8-24(34)30-11-5-7-21-27(35)25(28(36)31-21)22(32)10-9-17(19)13-23(33)26(20)29(18,37)15(16)2/h3-4,8-10,15-21,26,32,37H,1,5-7,11-14H2,2H3,(H,30,34)(H,31,36)/b8-4-,10-9+,25-22-/t15-,16-,17+,18+,19-,20+,21?,26-,29?/m0/s1. The number of rotatable bonds is 1. The normalized spacial score (nSPS) is 45.9. The number of carbonyl (C=O) groups is 4. The summed E-state index contributed by atoms with van der Waals surface area (Å²) in [6.07, 6.45) is 11.4. The molecular formula is C29H36N2O6. The molecule has 9 atom stereocenters. The van der Waals surface area contributed by atoms with E-state index in [-0.39, 0.29) is 59.2 Å². The lowest BCUT2D eigenvalue weighted by Crippen LogP contribution is -2.51. The molecule has 2 bridgehead atoms. The lowest BCUT2D eigenvalue weighted by atomic mass is 9.61. The van der Waals surface area contributed by atoms with Crippen molar-refractivity contribution in [3.8, 4) is 0 Å². The maximum Gasteiger partial charge on any atom is 0.259 e. The minimum absolute atomic E-state index is 0.00655. The number of allylic oxidation sites excluding steroid dienone is 4. The molecule has 5 aliphatic rings. The van der Waals surface area contributed by atoms with E-state index in [1.807, 2.05) is 19.1 Å². The zero-order chi connectivity index (χ0) is 26.5. The fourth-order valence-corrected chi connectivity index (χ4v) is 7.91. The Hall–Kier alpha value is -3.00. The summed E-state index contributed by atoms with van der Waals surface area (Å²) in [6.45, 7) is 6.30. The van der Waals surface area contributed by atoms with E-state index >= 15 is 0 Å². The highest BCUT2D eigenvalue weighted by Crippen LogP contribution is 2.63. The summed E-state index contributed by atoms with van der Waals surface area (Å²) >= 11 is 0. The van der Waals surface area contributed by atoms with Gasteiger partial charge in [0.2, 0.25) is 5.91 Å². The molecule has 0 spiro atoms. The monoisotopic (exact) mass is 508 g/mol. The first-order chi connectivity index (χ1) is 17.7. The molecule has 37 heavy (non-hydrogen) atoms. The Morgan fingerprint density at radius 2 is 1.92 bits per heavy atom. The molecule has 0 aromatic carbocycles. The number of aliphatic hydroxyl groups excluding tert-OH is 1. The molecule has 3 saturated carbocycles. The summed E-state index contributed by atoms with van der Waals surface area (Å²) < 4.78 is 0. The highest BCUT2D eigenvalue weighted by Gasteiger charge is 2.66. The number of hydrogen-bond acceptors (Lipinski definition) is 6. The fraction of sp³-hybridized carbons (Fsp3) is 0.586. The quantitative estimate of drug-likeness (QED) is 0.317. The smallest absolute Gasteiger partial charge is 0.259 e. The second-order valence-corrected chi connectivity index (χ2v) is 11.5. The molecule has 0 radical (unpaired) electrons. The number of fused-ring (bicyclic) bond motifs is 7. The molecule has 198 valence electrons. The second-order valence-electron chi connectivity index (χ2n) is 11.5. The van der Waals surface area contributed by atoms with E-state index in [1.54, 1.807) is 6.08 Å². The minimum atomic E-state index is -1.07. The largest absolute Gasteiger partial charge is 0.507 e. The van der Waals surface area contributed by atoms with Gasteiger partial charge in [0.05, 0.1) is 17.6 Å². The molecule has 2 unspecified atom stereocenters. The van der Waals surface area contributed by atoms with Crippen molar-refractivity contribution in [3.63, 3.8) is 0 Å². The van der Waals surface area contributed by atoms with E-state index < -0.39 is 35.0 Å². The SMILES string of the molecule is C=C[C@H]1C[C@@H]2C[C@@H]3[C@H]4C/C=C\C(=O)NCCCC5NC(=O)/C(=C(O)/C=C/[C@@H]4CC(=O)[C@H]3C2(O)[C@H]1C)C5=O. The van der Waals surface area contributed by atoms with Gasteiger partial charge in [0, 0.05) is 13.0 Å². The zero-order valence-corrected chi connectivity index (χ0v) is 21.2. The molecule has 1 saturated heterocycles. The van der Waals surface area contributed by atoms with Crippen LogP contribution in [0.4, 0.5) is 0 Å². The molecule has 8 heteroatoms. The number of carbonyl (C=O) groups excluding carboxylic acids is 4. The van der Waals surface area contributed by atoms with Crippen LogP contribution in [0, 0.1) is 41.4 Å². The van der Waals surface area contributed by atoms with Crippen LogP contribution in [0.25, 0.3) is 0 Å². The van der Waals surface area contributed by atoms with Crippen LogP contribution in [0.5, 0.6) is 0 Å². The molecule has 2 amide bonds. The van der Waals surface area contributed by atoms with Crippen LogP contribution < -0.4 is 10.6 Å². The van der Waals surface area contributed by atoms with Gasteiger partial charge in [-0.1, -0.05) is 25.2 Å². The van der Waals surface area contributed by atoms with Gasteiger partial charge in [0.15, 0.2) is 5.78 Å². The van der Waals surface area contributed by atoms with E-state index in [0.29, 0.717) is 32.2 Å². The van der Waals surface area contributed by atoms with Crippen molar-refractivity contribution < 1.29 is 29.4 Å². The van der Waals surface area contributed by atoms with Gasteiger partial charge in [-0.3, -0.25) is 19.2 Å². The van der Waals surface area contributed by atoms with Crippen molar-refractivity contribution in [1.82, 2.24) is 10.6 Å². The fourth-order valence-electron chi connectivity index (χ4n) is 7.91. The zero-order valence-electron chi connectivity index (χ0n) is 21.2. The van der Waals surface area contributed by atoms with Gasteiger partial charge in [0.25, 0.3) is 5.91 Å². The van der Waals surface area contributed by atoms with Gasteiger partial charge in [-0.25, -0.2) is 0 Å². The summed E-state index contributed by atoms with van der Waals surface area (Å²) in [6, 6.07) is -0.733. The van der Waals surface area contributed by atoms with Gasteiger partial charge in [-0.15, -0.1) is 6.58 Å². The average Bonchev–Trinajstić information content (AvgIpc) is 3.41. The molecule has 2 aliphatic heterocycles. The number of hydrogen-bond donors (Lipinski definition) is 4. The van der Waals surface area contributed by atoms with E-state index in [9.17, 15) is 29.4 Å². The van der Waals surface area contributed by atoms with Crippen LogP contribution in [0.15, 0.2) is 48.3 Å². The highest BCUT2D eigenvalue weighted by molar-refractivity contribution is 6.27. The van der Waals surface area contributed by atoms with Gasteiger partial charge < -0.3 is 20.8 Å². The molecule has 4 fully saturated rings.